The molecule has 1 saturated heterocycles. The van der Waals surface area contributed by atoms with Crippen molar-refractivity contribution in [2.75, 3.05) is 19.7 Å². The van der Waals surface area contributed by atoms with E-state index >= 15 is 0 Å². The van der Waals surface area contributed by atoms with Crippen LogP contribution < -0.4 is 15.8 Å². The second-order valence-corrected chi connectivity index (χ2v) is 4.95. The van der Waals surface area contributed by atoms with E-state index in [0.717, 1.165) is 25.9 Å². The Morgan fingerprint density at radius 3 is 2.83 bits per heavy atom. The lowest BCUT2D eigenvalue weighted by atomic mass is 9.99. The number of ether oxygens (including phenoxy) is 1. The first-order valence-electron chi connectivity index (χ1n) is 6.09. The van der Waals surface area contributed by atoms with Crippen molar-refractivity contribution in [2.45, 2.75) is 12.8 Å². The van der Waals surface area contributed by atoms with Crippen molar-refractivity contribution in [2.24, 2.45) is 11.7 Å². The molecule has 0 saturated carbocycles. The topological polar surface area (TPSA) is 64.4 Å². The molecule has 4 nitrogen and oxygen atoms in total. The molecule has 1 heterocycles. The average molecular weight is 269 g/mol. The minimum Gasteiger partial charge on any atom is -0.492 e. The molecule has 5 heteroatoms. The summed E-state index contributed by atoms with van der Waals surface area (Å²) in [7, 11) is 0. The average Bonchev–Trinajstić information content (AvgIpc) is 2.38. The Labute approximate surface area is 111 Å². The highest BCUT2D eigenvalue weighted by molar-refractivity contribution is 6.31. The van der Waals surface area contributed by atoms with Crippen molar-refractivity contribution in [1.29, 1.82) is 0 Å². The van der Waals surface area contributed by atoms with Crippen LogP contribution >= 0.6 is 11.6 Å². The van der Waals surface area contributed by atoms with Crippen LogP contribution in [-0.4, -0.2) is 25.6 Å². The van der Waals surface area contributed by atoms with E-state index in [1.165, 1.54) is 0 Å². The van der Waals surface area contributed by atoms with E-state index in [2.05, 4.69) is 5.32 Å². The molecule has 2 rings (SSSR count). The maximum Gasteiger partial charge on any atom is 0.252 e. The molecule has 1 aliphatic heterocycles. The van der Waals surface area contributed by atoms with Gasteiger partial charge >= 0.3 is 0 Å². The van der Waals surface area contributed by atoms with Gasteiger partial charge in [0.05, 0.1) is 12.2 Å². The summed E-state index contributed by atoms with van der Waals surface area (Å²) in [6.07, 6.45) is 2.19. The Morgan fingerprint density at radius 2 is 2.17 bits per heavy atom. The first kappa shape index (κ1) is 13.2. The summed E-state index contributed by atoms with van der Waals surface area (Å²) >= 11 is 5.84. The third kappa shape index (κ3) is 3.37. The van der Waals surface area contributed by atoms with E-state index in [4.69, 9.17) is 22.1 Å². The number of hydrogen-bond donors (Lipinski definition) is 2. The second-order valence-electron chi connectivity index (χ2n) is 4.51. The standard InChI is InChI=1S/C13H17ClN2O2/c14-10-1-2-12(11(7-10)13(15)17)18-8-9-3-5-16-6-4-9/h1-2,7,9,16H,3-6,8H2,(H2,15,17). The Kier molecular flexibility index (Phi) is 4.44. The van der Waals surface area contributed by atoms with E-state index < -0.39 is 5.91 Å². The smallest absolute Gasteiger partial charge is 0.252 e. The zero-order valence-electron chi connectivity index (χ0n) is 10.1. The zero-order valence-corrected chi connectivity index (χ0v) is 10.9. The molecule has 1 aromatic carbocycles. The molecular formula is C13H17ClN2O2. The van der Waals surface area contributed by atoms with Crippen LogP contribution in [0.2, 0.25) is 5.02 Å². The molecule has 1 fully saturated rings. The maximum atomic E-state index is 11.3. The fourth-order valence-corrected chi connectivity index (χ4v) is 2.25. The number of amides is 1. The summed E-state index contributed by atoms with van der Waals surface area (Å²) in [6.45, 7) is 2.66. The minimum atomic E-state index is -0.516. The number of nitrogens with two attached hydrogens (primary N) is 1. The number of halogens is 1. The normalized spacial score (nSPS) is 16.5. The van der Waals surface area contributed by atoms with Gasteiger partial charge < -0.3 is 15.8 Å². The first-order chi connectivity index (χ1) is 8.66. The van der Waals surface area contributed by atoms with Gasteiger partial charge in [0.25, 0.3) is 5.91 Å². The van der Waals surface area contributed by atoms with Gasteiger partial charge in [0.2, 0.25) is 0 Å². The van der Waals surface area contributed by atoms with Gasteiger partial charge in [0.15, 0.2) is 0 Å². The quantitative estimate of drug-likeness (QED) is 0.875. The summed E-state index contributed by atoms with van der Waals surface area (Å²) in [4.78, 5) is 11.3. The van der Waals surface area contributed by atoms with Crippen molar-refractivity contribution < 1.29 is 9.53 Å². The number of benzene rings is 1. The lowest BCUT2D eigenvalue weighted by Crippen LogP contribution is -2.30. The molecule has 3 N–H and O–H groups in total. The molecule has 18 heavy (non-hydrogen) atoms. The Hall–Kier alpha value is -1.26. The minimum absolute atomic E-state index is 0.344. The molecule has 0 unspecified atom stereocenters. The third-order valence-electron chi connectivity index (χ3n) is 3.14. The van der Waals surface area contributed by atoms with Crippen molar-refractivity contribution in [3.63, 3.8) is 0 Å². The highest BCUT2D eigenvalue weighted by Gasteiger charge is 2.16. The molecule has 98 valence electrons. The van der Waals surface area contributed by atoms with Crippen LogP contribution in [0.5, 0.6) is 5.75 Å². The van der Waals surface area contributed by atoms with Gasteiger partial charge in [0.1, 0.15) is 5.75 Å². The molecule has 1 aromatic rings. The van der Waals surface area contributed by atoms with Gasteiger partial charge in [-0.25, -0.2) is 0 Å². The molecular weight excluding hydrogens is 252 g/mol. The largest absolute Gasteiger partial charge is 0.492 e. The fraction of sp³-hybridized carbons (Fsp3) is 0.462. The van der Waals surface area contributed by atoms with Crippen LogP contribution in [-0.2, 0) is 0 Å². The van der Waals surface area contributed by atoms with Crippen LogP contribution in [0, 0.1) is 5.92 Å². The number of hydrogen-bond acceptors (Lipinski definition) is 3. The van der Waals surface area contributed by atoms with Crippen LogP contribution in [0.15, 0.2) is 18.2 Å². The van der Waals surface area contributed by atoms with Gasteiger partial charge in [-0.3, -0.25) is 4.79 Å². The summed E-state index contributed by atoms with van der Waals surface area (Å²) < 4.78 is 5.71. The van der Waals surface area contributed by atoms with Gasteiger partial charge in [-0.1, -0.05) is 11.6 Å². The van der Waals surface area contributed by atoms with Crippen molar-refractivity contribution in [3.8, 4) is 5.75 Å². The molecule has 0 bridgehead atoms. The van der Waals surface area contributed by atoms with Crippen LogP contribution in [0.3, 0.4) is 0 Å². The molecule has 0 aliphatic carbocycles. The number of nitrogens with one attached hydrogen (secondary N) is 1. The summed E-state index contributed by atoms with van der Waals surface area (Å²) in [5.41, 5.74) is 5.65. The van der Waals surface area contributed by atoms with Crippen molar-refractivity contribution >= 4 is 17.5 Å². The second kappa shape index (κ2) is 6.07. The number of primary amides is 1. The lowest BCUT2D eigenvalue weighted by Gasteiger charge is -2.23. The van der Waals surface area contributed by atoms with Gasteiger partial charge in [-0.05, 0) is 50.0 Å². The number of carbonyl (C=O) groups excluding carboxylic acids is 1. The van der Waals surface area contributed by atoms with E-state index in [-0.39, 0.29) is 0 Å². The van der Waals surface area contributed by atoms with E-state index in [0.29, 0.717) is 28.9 Å². The van der Waals surface area contributed by atoms with E-state index in [1.54, 1.807) is 18.2 Å². The summed E-state index contributed by atoms with van der Waals surface area (Å²) in [5.74, 6) is 0.533. The predicted molar refractivity (Wildman–Crippen MR) is 71.1 cm³/mol. The van der Waals surface area contributed by atoms with Gasteiger partial charge in [0, 0.05) is 5.02 Å². The van der Waals surface area contributed by atoms with Crippen LogP contribution in [0.25, 0.3) is 0 Å². The maximum absolute atomic E-state index is 11.3. The zero-order chi connectivity index (χ0) is 13.0. The monoisotopic (exact) mass is 268 g/mol. The first-order valence-corrected chi connectivity index (χ1v) is 6.47. The predicted octanol–water partition coefficient (Wildman–Crippen LogP) is 1.82. The van der Waals surface area contributed by atoms with Crippen molar-refractivity contribution in [3.05, 3.63) is 28.8 Å². The van der Waals surface area contributed by atoms with Gasteiger partial charge in [-0.15, -0.1) is 0 Å². The van der Waals surface area contributed by atoms with Gasteiger partial charge in [-0.2, -0.15) is 0 Å². The van der Waals surface area contributed by atoms with E-state index in [1.807, 2.05) is 0 Å². The highest BCUT2D eigenvalue weighted by atomic mass is 35.5. The summed E-state index contributed by atoms with van der Waals surface area (Å²) in [5, 5.41) is 3.79. The SMILES string of the molecule is NC(=O)c1cc(Cl)ccc1OCC1CCNCC1. The lowest BCUT2D eigenvalue weighted by molar-refractivity contribution is 0.0994. The molecule has 0 radical (unpaired) electrons. The third-order valence-corrected chi connectivity index (χ3v) is 3.38. The van der Waals surface area contributed by atoms with Crippen LogP contribution in [0.4, 0.5) is 0 Å². The molecule has 1 aliphatic rings. The number of piperidine rings is 1. The highest BCUT2D eigenvalue weighted by Crippen LogP contribution is 2.24. The Balaban J connectivity index is 2.01. The number of carbonyl (C=O) groups is 1. The molecule has 0 atom stereocenters. The fourth-order valence-electron chi connectivity index (χ4n) is 2.08. The Morgan fingerprint density at radius 1 is 1.44 bits per heavy atom. The van der Waals surface area contributed by atoms with E-state index in [9.17, 15) is 4.79 Å². The van der Waals surface area contributed by atoms with Crippen molar-refractivity contribution in [1.82, 2.24) is 5.32 Å². The summed E-state index contributed by atoms with van der Waals surface area (Å²) in [6, 6.07) is 4.94. The molecule has 0 aromatic heterocycles. The number of rotatable bonds is 4. The van der Waals surface area contributed by atoms with Crippen LogP contribution in [0.1, 0.15) is 23.2 Å². The molecule has 0 spiro atoms. The Bertz CT molecular complexity index is 431. The molecule has 1 amide bonds.